The number of methoxy groups -OCH3 is 1. The van der Waals surface area contributed by atoms with Crippen LogP contribution in [0.15, 0.2) is 48.7 Å². The monoisotopic (exact) mass is 393 g/mol. The van der Waals surface area contributed by atoms with Crippen LogP contribution in [0.2, 0.25) is 0 Å². The number of hydrogen-bond donors (Lipinski definition) is 3. The highest BCUT2D eigenvalue weighted by atomic mass is 19.1. The molecular formula is C21H16FN3O4. The van der Waals surface area contributed by atoms with Crippen LogP contribution in [0.25, 0.3) is 10.8 Å². The zero-order valence-corrected chi connectivity index (χ0v) is 15.3. The first-order valence-electron chi connectivity index (χ1n) is 8.68. The lowest BCUT2D eigenvalue weighted by Crippen LogP contribution is -2.49. The van der Waals surface area contributed by atoms with E-state index in [1.54, 1.807) is 24.4 Å². The summed E-state index contributed by atoms with van der Waals surface area (Å²) in [5.74, 6) is 5.02. The Morgan fingerprint density at radius 2 is 1.97 bits per heavy atom. The molecule has 3 aromatic rings. The number of imide groups is 1. The maximum Gasteiger partial charge on any atom is 0.323 e. The van der Waals surface area contributed by atoms with Gasteiger partial charge in [0, 0.05) is 22.5 Å². The number of aromatic nitrogens is 1. The molecule has 3 N–H and O–H groups in total. The van der Waals surface area contributed by atoms with Gasteiger partial charge in [0.05, 0.1) is 13.7 Å². The molecule has 1 fully saturated rings. The lowest BCUT2D eigenvalue weighted by Gasteiger charge is -2.20. The average Bonchev–Trinajstić information content (AvgIpc) is 3.16. The first kappa shape index (κ1) is 18.4. The number of aromatic hydroxyl groups is 1. The van der Waals surface area contributed by atoms with Crippen LogP contribution in [0.4, 0.5) is 9.18 Å². The van der Waals surface area contributed by atoms with Crippen molar-refractivity contribution in [2.75, 3.05) is 7.11 Å². The van der Waals surface area contributed by atoms with E-state index < -0.39 is 23.3 Å². The van der Waals surface area contributed by atoms with Crippen LogP contribution < -0.4 is 15.4 Å². The molecule has 1 aliphatic rings. The van der Waals surface area contributed by atoms with Gasteiger partial charge in [-0.15, -0.1) is 0 Å². The van der Waals surface area contributed by atoms with Gasteiger partial charge in [0.2, 0.25) is 5.54 Å². The largest absolute Gasteiger partial charge is 0.497 e. The molecular weight excluding hydrogens is 377 g/mol. The van der Waals surface area contributed by atoms with E-state index in [-0.39, 0.29) is 12.4 Å². The lowest BCUT2D eigenvalue weighted by atomic mass is 10.00. The van der Waals surface area contributed by atoms with Crippen LogP contribution >= 0.6 is 0 Å². The first-order valence-corrected chi connectivity index (χ1v) is 8.68. The second kappa shape index (κ2) is 6.87. The van der Waals surface area contributed by atoms with Crippen molar-refractivity contribution in [1.29, 1.82) is 0 Å². The lowest BCUT2D eigenvalue weighted by molar-refractivity contribution is -0.122. The highest BCUT2D eigenvalue weighted by molar-refractivity contribution is 6.09. The van der Waals surface area contributed by atoms with E-state index in [1.165, 1.54) is 35.9 Å². The molecule has 1 unspecified atom stereocenters. The first-order chi connectivity index (χ1) is 13.9. The molecule has 1 aromatic heterocycles. The normalized spacial score (nSPS) is 18.1. The number of ether oxygens (including phenoxy) is 1. The molecule has 1 atom stereocenters. The van der Waals surface area contributed by atoms with Crippen LogP contribution in [0.5, 0.6) is 11.6 Å². The van der Waals surface area contributed by atoms with E-state index in [2.05, 4.69) is 22.5 Å². The molecule has 0 saturated carbocycles. The molecule has 0 aliphatic carbocycles. The molecule has 0 spiro atoms. The maximum absolute atomic E-state index is 13.1. The summed E-state index contributed by atoms with van der Waals surface area (Å²) in [4.78, 5) is 24.3. The van der Waals surface area contributed by atoms with Gasteiger partial charge in [0.25, 0.3) is 5.91 Å². The number of rotatable bonds is 3. The van der Waals surface area contributed by atoms with Gasteiger partial charge in [-0.3, -0.25) is 10.1 Å². The fourth-order valence-corrected chi connectivity index (χ4v) is 3.17. The number of hydrogen-bond acceptors (Lipinski definition) is 4. The minimum absolute atomic E-state index is 0.0872. The van der Waals surface area contributed by atoms with Gasteiger partial charge in [-0.05, 0) is 42.5 Å². The second-order valence-electron chi connectivity index (χ2n) is 6.60. The van der Waals surface area contributed by atoms with Crippen LogP contribution in [-0.4, -0.2) is 34.3 Å². The molecule has 1 aliphatic heterocycles. The number of nitrogens with zero attached hydrogens (tertiary/aromatic N) is 1. The van der Waals surface area contributed by atoms with Crippen LogP contribution in [0.1, 0.15) is 5.56 Å². The topological polar surface area (TPSA) is 92.6 Å². The van der Waals surface area contributed by atoms with Crippen molar-refractivity contribution in [3.63, 3.8) is 0 Å². The third-order valence-electron chi connectivity index (χ3n) is 4.68. The van der Waals surface area contributed by atoms with Crippen LogP contribution in [-0.2, 0) is 11.3 Å². The van der Waals surface area contributed by atoms with Crippen LogP contribution in [0, 0.1) is 17.7 Å². The van der Waals surface area contributed by atoms with Crippen molar-refractivity contribution in [3.05, 3.63) is 60.0 Å². The maximum atomic E-state index is 13.1. The Morgan fingerprint density at radius 1 is 1.21 bits per heavy atom. The summed E-state index contributed by atoms with van der Waals surface area (Å²) < 4.78 is 19.7. The molecule has 0 bridgehead atoms. The van der Waals surface area contributed by atoms with Gasteiger partial charge in [-0.25, -0.2) is 9.18 Å². The number of urea groups is 1. The Kier molecular flexibility index (Phi) is 4.35. The molecule has 2 aromatic carbocycles. The summed E-state index contributed by atoms with van der Waals surface area (Å²) in [6.45, 7) is -0.123. The number of halogens is 1. The summed E-state index contributed by atoms with van der Waals surface area (Å²) in [7, 11) is 1.52. The quantitative estimate of drug-likeness (QED) is 0.470. The van der Waals surface area contributed by atoms with Crippen molar-refractivity contribution >= 4 is 22.7 Å². The summed E-state index contributed by atoms with van der Waals surface area (Å²) in [6.07, 6.45) is 1.66. The van der Waals surface area contributed by atoms with Gasteiger partial charge >= 0.3 is 6.03 Å². The molecule has 4 rings (SSSR count). The fraction of sp³-hybridized carbons (Fsp3) is 0.143. The van der Waals surface area contributed by atoms with Gasteiger partial charge in [-0.2, -0.15) is 0 Å². The molecule has 3 amide bonds. The SMILES string of the molecule is COc1ccc2cn(CC3(C#Cc4ccc(F)cc4)NC(=O)NC3=O)c(O)c2c1. The van der Waals surface area contributed by atoms with E-state index in [9.17, 15) is 19.1 Å². The van der Waals surface area contributed by atoms with Gasteiger partial charge in [0.15, 0.2) is 5.88 Å². The minimum Gasteiger partial charge on any atom is -0.497 e. The van der Waals surface area contributed by atoms with Crippen molar-refractivity contribution in [2.45, 2.75) is 12.1 Å². The third-order valence-corrected chi connectivity index (χ3v) is 4.68. The predicted molar refractivity (Wildman–Crippen MR) is 103 cm³/mol. The van der Waals surface area contributed by atoms with Gasteiger partial charge < -0.3 is 19.7 Å². The summed E-state index contributed by atoms with van der Waals surface area (Å²) in [5, 5.41) is 16.6. The van der Waals surface area contributed by atoms with Crippen molar-refractivity contribution < 1.29 is 23.8 Å². The molecule has 8 heteroatoms. The van der Waals surface area contributed by atoms with Crippen LogP contribution in [0.3, 0.4) is 0 Å². The Hall–Kier alpha value is -3.99. The Bertz CT molecular complexity index is 1190. The number of benzene rings is 2. The Morgan fingerprint density at radius 3 is 2.62 bits per heavy atom. The second-order valence-corrected chi connectivity index (χ2v) is 6.60. The van der Waals surface area contributed by atoms with Crippen molar-refractivity contribution in [2.24, 2.45) is 0 Å². The third kappa shape index (κ3) is 3.34. The standard InChI is InChI=1S/C21H16FN3O4/c1-29-16-7-4-14-11-25(18(26)17(14)10-16)12-21(19(27)23-20(28)24-21)9-8-13-2-5-15(22)6-3-13/h2-7,10-11,26H,12H2,1H3,(H2,23,24,27,28). The molecule has 29 heavy (non-hydrogen) atoms. The van der Waals surface area contributed by atoms with E-state index in [0.29, 0.717) is 16.7 Å². The van der Waals surface area contributed by atoms with E-state index in [0.717, 1.165) is 5.39 Å². The van der Waals surface area contributed by atoms with E-state index in [4.69, 9.17) is 4.74 Å². The number of nitrogens with one attached hydrogen (secondary N) is 2. The Balaban J connectivity index is 1.75. The van der Waals surface area contributed by atoms with E-state index >= 15 is 0 Å². The molecule has 1 saturated heterocycles. The number of fused-ring (bicyclic) bond motifs is 1. The average molecular weight is 393 g/mol. The zero-order chi connectivity index (χ0) is 20.6. The number of carbonyl (C=O) groups excluding carboxylic acids is 2. The molecule has 2 heterocycles. The van der Waals surface area contributed by atoms with Gasteiger partial charge in [-0.1, -0.05) is 11.8 Å². The highest BCUT2D eigenvalue weighted by Gasteiger charge is 2.46. The summed E-state index contributed by atoms with van der Waals surface area (Å²) >= 11 is 0. The summed E-state index contributed by atoms with van der Waals surface area (Å²) in [6, 6.07) is 9.96. The van der Waals surface area contributed by atoms with Gasteiger partial charge in [0.1, 0.15) is 11.6 Å². The van der Waals surface area contributed by atoms with Crippen molar-refractivity contribution in [1.82, 2.24) is 15.2 Å². The zero-order valence-electron chi connectivity index (χ0n) is 15.3. The molecule has 0 radical (unpaired) electrons. The molecule has 7 nitrogen and oxygen atoms in total. The molecule has 146 valence electrons. The van der Waals surface area contributed by atoms with E-state index in [1.807, 2.05) is 0 Å². The Labute approximate surface area is 165 Å². The fourth-order valence-electron chi connectivity index (χ4n) is 3.17. The number of amides is 3. The summed E-state index contributed by atoms with van der Waals surface area (Å²) in [5.41, 5.74) is -1.12. The smallest absolute Gasteiger partial charge is 0.323 e. The minimum atomic E-state index is -1.60. The number of carbonyl (C=O) groups is 2. The highest BCUT2D eigenvalue weighted by Crippen LogP contribution is 2.31. The van der Waals surface area contributed by atoms with Crippen molar-refractivity contribution in [3.8, 4) is 23.5 Å². The predicted octanol–water partition coefficient (Wildman–Crippen LogP) is 2.12.